The molecule has 0 aromatic carbocycles. The van der Waals surface area contributed by atoms with Crippen molar-refractivity contribution in [3.05, 3.63) is 34.2 Å². The second-order valence-corrected chi connectivity index (χ2v) is 5.07. The van der Waals surface area contributed by atoms with E-state index in [0.29, 0.717) is 12.1 Å². The van der Waals surface area contributed by atoms with Crippen molar-refractivity contribution < 1.29 is 4.79 Å². The van der Waals surface area contributed by atoms with E-state index in [-0.39, 0.29) is 17.5 Å². The second-order valence-electron chi connectivity index (χ2n) is 5.07. The molecule has 1 atom stereocenters. The van der Waals surface area contributed by atoms with Crippen molar-refractivity contribution >= 4 is 5.91 Å². The summed E-state index contributed by atoms with van der Waals surface area (Å²) in [4.78, 5) is 27.8. The number of aryl methyl sites for hydroxylation is 1. The molecule has 1 amide bonds. The molecule has 0 N–H and O–H groups in total. The maximum Gasteiger partial charge on any atom is 0.254 e. The molecule has 1 unspecified atom stereocenters. The van der Waals surface area contributed by atoms with Crippen molar-refractivity contribution in [3.63, 3.8) is 0 Å². The van der Waals surface area contributed by atoms with Crippen LogP contribution >= 0.6 is 0 Å². The van der Waals surface area contributed by atoms with Gasteiger partial charge >= 0.3 is 0 Å². The molecule has 0 aliphatic heterocycles. The number of carbonyl (C=O) groups is 1. The SMILES string of the molecule is CCN(C(=O)c1ccn(C)c(=O)c1)C(C)CN(C)C. The molecule has 106 valence electrons. The maximum absolute atomic E-state index is 12.4. The molecule has 5 nitrogen and oxygen atoms in total. The Balaban J connectivity index is 2.95. The Hall–Kier alpha value is -1.62. The molecule has 0 bridgehead atoms. The Labute approximate surface area is 114 Å². The number of rotatable bonds is 5. The van der Waals surface area contributed by atoms with Gasteiger partial charge in [-0.25, -0.2) is 0 Å². The van der Waals surface area contributed by atoms with Crippen LogP contribution in [0.15, 0.2) is 23.1 Å². The zero-order valence-corrected chi connectivity index (χ0v) is 12.4. The van der Waals surface area contributed by atoms with Crippen molar-refractivity contribution in [2.75, 3.05) is 27.2 Å². The molecule has 19 heavy (non-hydrogen) atoms. The predicted molar refractivity (Wildman–Crippen MR) is 76.4 cm³/mol. The van der Waals surface area contributed by atoms with E-state index >= 15 is 0 Å². The number of likely N-dealkylation sites (N-methyl/N-ethyl adjacent to an activating group) is 2. The van der Waals surface area contributed by atoms with Crippen LogP contribution in [0.5, 0.6) is 0 Å². The summed E-state index contributed by atoms with van der Waals surface area (Å²) in [6.07, 6.45) is 1.63. The largest absolute Gasteiger partial charge is 0.335 e. The fourth-order valence-corrected chi connectivity index (χ4v) is 2.13. The van der Waals surface area contributed by atoms with Gasteiger partial charge in [-0.15, -0.1) is 0 Å². The van der Waals surface area contributed by atoms with E-state index in [1.54, 1.807) is 24.2 Å². The molecule has 0 saturated heterocycles. The maximum atomic E-state index is 12.4. The average molecular weight is 265 g/mol. The quantitative estimate of drug-likeness (QED) is 0.791. The minimum atomic E-state index is -0.165. The number of hydrogen-bond acceptors (Lipinski definition) is 3. The highest BCUT2D eigenvalue weighted by Crippen LogP contribution is 2.07. The van der Waals surface area contributed by atoms with Gasteiger partial charge in [-0.2, -0.15) is 0 Å². The number of carbonyl (C=O) groups excluding carboxylic acids is 1. The summed E-state index contributed by atoms with van der Waals surface area (Å²) in [7, 11) is 5.63. The van der Waals surface area contributed by atoms with Crippen LogP contribution in [0.3, 0.4) is 0 Å². The first-order valence-electron chi connectivity index (χ1n) is 6.49. The number of hydrogen-bond donors (Lipinski definition) is 0. The first-order valence-corrected chi connectivity index (χ1v) is 6.49. The average Bonchev–Trinajstić information content (AvgIpc) is 2.32. The fraction of sp³-hybridized carbons (Fsp3) is 0.571. The molecule has 0 fully saturated rings. The van der Waals surface area contributed by atoms with Crippen LogP contribution in [0.2, 0.25) is 0 Å². The molecule has 1 aromatic rings. The minimum Gasteiger partial charge on any atom is -0.335 e. The van der Waals surface area contributed by atoms with E-state index in [1.165, 1.54) is 10.6 Å². The third-order valence-electron chi connectivity index (χ3n) is 3.11. The lowest BCUT2D eigenvalue weighted by molar-refractivity contribution is 0.0678. The summed E-state index contributed by atoms with van der Waals surface area (Å²) in [5.74, 6) is -0.0884. The lowest BCUT2D eigenvalue weighted by Crippen LogP contribution is -2.44. The van der Waals surface area contributed by atoms with Gasteiger partial charge in [0.2, 0.25) is 0 Å². The molecule has 0 saturated carbocycles. The van der Waals surface area contributed by atoms with Gasteiger partial charge in [-0.05, 0) is 34.0 Å². The van der Waals surface area contributed by atoms with Crippen molar-refractivity contribution in [1.82, 2.24) is 14.4 Å². The molecule has 1 aromatic heterocycles. The Kier molecular flexibility index (Phi) is 5.30. The van der Waals surface area contributed by atoms with Crippen molar-refractivity contribution in [3.8, 4) is 0 Å². The van der Waals surface area contributed by atoms with E-state index in [2.05, 4.69) is 0 Å². The molecule has 0 radical (unpaired) electrons. The molecule has 0 aliphatic rings. The van der Waals surface area contributed by atoms with Crippen molar-refractivity contribution in [2.45, 2.75) is 19.9 Å². The smallest absolute Gasteiger partial charge is 0.254 e. The molecule has 5 heteroatoms. The second kappa shape index (κ2) is 6.52. The van der Waals surface area contributed by atoms with Gasteiger partial charge in [0.1, 0.15) is 0 Å². The van der Waals surface area contributed by atoms with Crippen LogP contribution in [0.1, 0.15) is 24.2 Å². The molecular weight excluding hydrogens is 242 g/mol. The van der Waals surface area contributed by atoms with Crippen LogP contribution in [0.4, 0.5) is 0 Å². The molecule has 1 heterocycles. The molecule has 0 aliphatic carbocycles. The number of nitrogens with zero attached hydrogens (tertiary/aromatic N) is 3. The Morgan fingerprint density at radius 1 is 1.42 bits per heavy atom. The van der Waals surface area contributed by atoms with Crippen molar-refractivity contribution in [1.29, 1.82) is 0 Å². The van der Waals surface area contributed by atoms with Gasteiger partial charge in [-0.3, -0.25) is 9.59 Å². The van der Waals surface area contributed by atoms with Crippen molar-refractivity contribution in [2.24, 2.45) is 7.05 Å². The van der Waals surface area contributed by atoms with Crippen LogP contribution in [-0.2, 0) is 7.05 Å². The van der Waals surface area contributed by atoms with Crippen LogP contribution < -0.4 is 5.56 Å². The highest BCUT2D eigenvalue weighted by molar-refractivity contribution is 5.94. The summed E-state index contributed by atoms with van der Waals surface area (Å²) in [5.41, 5.74) is 0.290. The minimum absolute atomic E-state index is 0.0884. The first kappa shape index (κ1) is 15.4. The molecular formula is C14H23N3O2. The van der Waals surface area contributed by atoms with Gasteiger partial charge < -0.3 is 14.4 Å². The third kappa shape index (κ3) is 3.92. The van der Waals surface area contributed by atoms with Gasteiger partial charge in [0.25, 0.3) is 11.5 Å². The lowest BCUT2D eigenvalue weighted by Gasteiger charge is -2.30. The topological polar surface area (TPSA) is 45.6 Å². The van der Waals surface area contributed by atoms with E-state index in [4.69, 9.17) is 0 Å². The Morgan fingerprint density at radius 3 is 2.53 bits per heavy atom. The van der Waals surface area contributed by atoms with Gasteiger partial charge in [0.05, 0.1) is 0 Å². The van der Waals surface area contributed by atoms with Gasteiger partial charge in [-0.1, -0.05) is 0 Å². The fourth-order valence-electron chi connectivity index (χ4n) is 2.13. The zero-order chi connectivity index (χ0) is 14.6. The number of amides is 1. The lowest BCUT2D eigenvalue weighted by atomic mass is 10.2. The van der Waals surface area contributed by atoms with Gasteiger partial charge in [0.15, 0.2) is 0 Å². The Bertz CT molecular complexity index is 494. The van der Waals surface area contributed by atoms with Gasteiger partial charge in [0, 0.05) is 44.0 Å². The number of pyridine rings is 1. The zero-order valence-electron chi connectivity index (χ0n) is 12.4. The van der Waals surface area contributed by atoms with E-state index in [9.17, 15) is 9.59 Å². The highest BCUT2D eigenvalue weighted by atomic mass is 16.2. The third-order valence-corrected chi connectivity index (χ3v) is 3.11. The van der Waals surface area contributed by atoms with Crippen LogP contribution in [-0.4, -0.2) is 53.5 Å². The monoisotopic (exact) mass is 265 g/mol. The highest BCUT2D eigenvalue weighted by Gasteiger charge is 2.20. The summed E-state index contributed by atoms with van der Waals surface area (Å²) in [6, 6.07) is 3.19. The summed E-state index contributed by atoms with van der Waals surface area (Å²) in [6.45, 7) is 5.39. The predicted octanol–water partition coefficient (Wildman–Crippen LogP) is 0.798. The molecule has 1 rings (SSSR count). The normalized spacial score (nSPS) is 12.5. The number of aromatic nitrogens is 1. The van der Waals surface area contributed by atoms with Crippen LogP contribution in [0, 0.1) is 0 Å². The van der Waals surface area contributed by atoms with E-state index in [0.717, 1.165) is 6.54 Å². The van der Waals surface area contributed by atoms with Crippen LogP contribution in [0.25, 0.3) is 0 Å². The standard InChI is InChI=1S/C14H23N3O2/c1-6-17(11(2)10-15(3)4)14(19)12-7-8-16(5)13(18)9-12/h7-9,11H,6,10H2,1-5H3. The van der Waals surface area contributed by atoms with E-state index < -0.39 is 0 Å². The summed E-state index contributed by atoms with van der Waals surface area (Å²) < 4.78 is 1.45. The first-order chi connectivity index (χ1) is 8.86. The molecule has 0 spiro atoms. The summed E-state index contributed by atoms with van der Waals surface area (Å²) >= 11 is 0. The summed E-state index contributed by atoms with van der Waals surface area (Å²) in [5, 5.41) is 0. The Morgan fingerprint density at radius 2 is 2.05 bits per heavy atom. The van der Waals surface area contributed by atoms with E-state index in [1.807, 2.05) is 32.8 Å².